The number of nitrogens with zero attached hydrogens (tertiary/aromatic N) is 1. The summed E-state index contributed by atoms with van der Waals surface area (Å²) in [6.45, 7) is 1.52. The third kappa shape index (κ3) is 6.23. The zero-order valence-corrected chi connectivity index (χ0v) is 9.74. The topological polar surface area (TPSA) is 65.0 Å². The molecule has 5 nitrogen and oxygen atoms in total. The number of halogens is 2. The van der Waals surface area contributed by atoms with Crippen molar-refractivity contribution >= 4 is 0 Å². The Morgan fingerprint density at radius 3 is 2.59 bits per heavy atom. The Bertz CT molecular complexity index is 214. The molecule has 7 heteroatoms. The lowest BCUT2D eigenvalue weighted by Gasteiger charge is -2.28. The maximum atomic E-state index is 12.6. The molecule has 0 aromatic heterocycles. The van der Waals surface area contributed by atoms with Crippen LogP contribution in [0.15, 0.2) is 0 Å². The zero-order chi connectivity index (χ0) is 12.7. The smallest absolute Gasteiger partial charge is 0.282 e. The van der Waals surface area contributed by atoms with Crippen molar-refractivity contribution in [3.8, 4) is 0 Å². The fourth-order valence-corrected chi connectivity index (χ4v) is 1.62. The van der Waals surface area contributed by atoms with Crippen molar-refractivity contribution in [2.75, 3.05) is 52.5 Å². The summed E-state index contributed by atoms with van der Waals surface area (Å²) in [4.78, 5) is 2.03. The summed E-state index contributed by atoms with van der Waals surface area (Å²) in [6, 6.07) is 0. The van der Waals surface area contributed by atoms with E-state index in [4.69, 9.17) is 9.84 Å². The van der Waals surface area contributed by atoms with Crippen LogP contribution in [0, 0.1) is 0 Å². The van der Waals surface area contributed by atoms with Crippen LogP contribution in [-0.2, 0) is 4.74 Å². The highest BCUT2D eigenvalue weighted by Crippen LogP contribution is 2.09. The van der Waals surface area contributed by atoms with E-state index in [9.17, 15) is 13.9 Å². The summed E-state index contributed by atoms with van der Waals surface area (Å²) in [5, 5.41) is 20.4. The van der Waals surface area contributed by atoms with Gasteiger partial charge in [0.15, 0.2) is 0 Å². The number of aliphatic hydroxyl groups is 2. The fraction of sp³-hybridized carbons (Fsp3) is 1.00. The van der Waals surface area contributed by atoms with Crippen molar-refractivity contribution in [1.29, 1.82) is 0 Å². The van der Waals surface area contributed by atoms with Crippen molar-refractivity contribution in [3.63, 3.8) is 0 Å². The SMILES string of the molecule is OCC(F)(F)CNCC(O)CN1CCOCC1. The van der Waals surface area contributed by atoms with Gasteiger partial charge in [0.1, 0.15) is 6.61 Å². The minimum absolute atomic E-state index is 0.0902. The van der Waals surface area contributed by atoms with Gasteiger partial charge in [-0.15, -0.1) is 0 Å². The number of β-amino-alcohol motifs (C(OH)–C–C–N with tert-alkyl or cyclic N) is 1. The lowest BCUT2D eigenvalue weighted by Crippen LogP contribution is -2.45. The first-order valence-electron chi connectivity index (χ1n) is 5.71. The Morgan fingerprint density at radius 1 is 1.35 bits per heavy atom. The number of nitrogens with one attached hydrogen (secondary N) is 1. The van der Waals surface area contributed by atoms with E-state index in [2.05, 4.69) is 5.32 Å². The first-order chi connectivity index (χ1) is 8.03. The molecule has 0 spiro atoms. The molecule has 1 rings (SSSR count). The number of hydrogen-bond donors (Lipinski definition) is 3. The molecular weight excluding hydrogens is 234 g/mol. The fourth-order valence-electron chi connectivity index (χ4n) is 1.62. The molecule has 1 saturated heterocycles. The molecule has 1 aliphatic rings. The van der Waals surface area contributed by atoms with Crippen molar-refractivity contribution < 1.29 is 23.7 Å². The van der Waals surface area contributed by atoms with Crippen molar-refractivity contribution in [2.24, 2.45) is 0 Å². The molecule has 0 aromatic carbocycles. The largest absolute Gasteiger partial charge is 0.390 e. The van der Waals surface area contributed by atoms with Crippen LogP contribution < -0.4 is 5.32 Å². The van der Waals surface area contributed by atoms with E-state index in [1.54, 1.807) is 0 Å². The molecule has 17 heavy (non-hydrogen) atoms. The Morgan fingerprint density at radius 2 is 2.00 bits per heavy atom. The first-order valence-corrected chi connectivity index (χ1v) is 5.71. The summed E-state index contributed by atoms with van der Waals surface area (Å²) >= 11 is 0. The van der Waals surface area contributed by atoms with E-state index in [-0.39, 0.29) is 6.54 Å². The number of hydrogen-bond acceptors (Lipinski definition) is 5. The molecule has 1 unspecified atom stereocenters. The molecule has 0 aliphatic carbocycles. The zero-order valence-electron chi connectivity index (χ0n) is 9.74. The average Bonchev–Trinajstić information content (AvgIpc) is 2.30. The van der Waals surface area contributed by atoms with Gasteiger partial charge in [-0.05, 0) is 0 Å². The van der Waals surface area contributed by atoms with E-state index < -0.39 is 25.2 Å². The van der Waals surface area contributed by atoms with Gasteiger partial charge in [0, 0.05) is 26.2 Å². The minimum atomic E-state index is -3.13. The predicted molar refractivity (Wildman–Crippen MR) is 58.2 cm³/mol. The van der Waals surface area contributed by atoms with E-state index in [1.165, 1.54) is 0 Å². The quantitative estimate of drug-likeness (QED) is 0.538. The van der Waals surface area contributed by atoms with Crippen LogP contribution in [0.1, 0.15) is 0 Å². The summed E-state index contributed by atoms with van der Waals surface area (Å²) < 4.78 is 30.4. The molecule has 0 amide bonds. The second-order valence-electron chi connectivity index (χ2n) is 4.21. The van der Waals surface area contributed by atoms with Gasteiger partial charge in [-0.3, -0.25) is 4.90 Å². The number of morpholine rings is 1. The summed E-state index contributed by atoms with van der Waals surface area (Å²) in [5.41, 5.74) is 0. The Balaban J connectivity index is 2.10. The van der Waals surface area contributed by atoms with E-state index in [0.29, 0.717) is 19.8 Å². The van der Waals surface area contributed by atoms with E-state index in [1.807, 2.05) is 4.90 Å². The van der Waals surface area contributed by atoms with Gasteiger partial charge in [-0.2, -0.15) is 0 Å². The highest BCUT2D eigenvalue weighted by atomic mass is 19.3. The van der Waals surface area contributed by atoms with Gasteiger partial charge >= 0.3 is 0 Å². The van der Waals surface area contributed by atoms with E-state index >= 15 is 0 Å². The third-order valence-corrected chi connectivity index (χ3v) is 2.57. The van der Waals surface area contributed by atoms with Gasteiger partial charge in [-0.1, -0.05) is 0 Å². The molecule has 1 aliphatic heterocycles. The Kier molecular flexibility index (Phi) is 6.21. The molecule has 0 saturated carbocycles. The number of ether oxygens (including phenoxy) is 1. The molecule has 0 aromatic rings. The highest BCUT2D eigenvalue weighted by Gasteiger charge is 2.27. The van der Waals surface area contributed by atoms with Crippen molar-refractivity contribution in [3.05, 3.63) is 0 Å². The van der Waals surface area contributed by atoms with Crippen LogP contribution in [0.2, 0.25) is 0 Å². The maximum Gasteiger partial charge on any atom is 0.282 e. The second-order valence-corrected chi connectivity index (χ2v) is 4.21. The Hall–Kier alpha value is -0.340. The van der Waals surface area contributed by atoms with Crippen LogP contribution in [0.5, 0.6) is 0 Å². The standard InChI is InChI=1S/C10H20F2N2O3/c11-10(12,8-15)7-13-5-9(16)6-14-1-3-17-4-2-14/h9,13,15-16H,1-8H2. The van der Waals surface area contributed by atoms with Gasteiger partial charge in [0.05, 0.1) is 25.9 Å². The number of rotatable bonds is 7. The number of aliphatic hydroxyl groups excluding tert-OH is 2. The van der Waals surface area contributed by atoms with Gasteiger partial charge < -0.3 is 20.3 Å². The van der Waals surface area contributed by atoms with Gasteiger partial charge in [0.25, 0.3) is 5.92 Å². The molecular formula is C10H20F2N2O3. The van der Waals surface area contributed by atoms with Crippen LogP contribution in [0.3, 0.4) is 0 Å². The van der Waals surface area contributed by atoms with Gasteiger partial charge in [0.2, 0.25) is 0 Å². The van der Waals surface area contributed by atoms with Crippen LogP contribution in [0.25, 0.3) is 0 Å². The summed E-state index contributed by atoms with van der Waals surface area (Å²) in [7, 11) is 0. The highest BCUT2D eigenvalue weighted by molar-refractivity contribution is 4.72. The van der Waals surface area contributed by atoms with Gasteiger partial charge in [-0.25, -0.2) is 8.78 Å². The van der Waals surface area contributed by atoms with Crippen LogP contribution in [-0.4, -0.2) is 79.7 Å². The van der Waals surface area contributed by atoms with Crippen LogP contribution in [0.4, 0.5) is 8.78 Å². The van der Waals surface area contributed by atoms with Crippen molar-refractivity contribution in [1.82, 2.24) is 10.2 Å². The molecule has 0 bridgehead atoms. The summed E-state index contributed by atoms with van der Waals surface area (Å²) in [5.74, 6) is -3.13. The second kappa shape index (κ2) is 7.17. The van der Waals surface area contributed by atoms with Crippen LogP contribution >= 0.6 is 0 Å². The lowest BCUT2D eigenvalue weighted by atomic mass is 10.3. The van der Waals surface area contributed by atoms with E-state index in [0.717, 1.165) is 13.1 Å². The van der Waals surface area contributed by atoms with Crippen molar-refractivity contribution in [2.45, 2.75) is 12.0 Å². The molecule has 1 atom stereocenters. The lowest BCUT2D eigenvalue weighted by molar-refractivity contribution is -0.0496. The third-order valence-electron chi connectivity index (χ3n) is 2.57. The molecule has 1 fully saturated rings. The number of alkyl halides is 2. The maximum absolute atomic E-state index is 12.6. The Labute approximate surface area is 99.4 Å². The normalized spacial score (nSPS) is 20.5. The molecule has 102 valence electrons. The predicted octanol–water partition coefficient (Wildman–Crippen LogP) is -1.10. The minimum Gasteiger partial charge on any atom is -0.390 e. The summed E-state index contributed by atoms with van der Waals surface area (Å²) in [6.07, 6.45) is -0.692. The molecule has 1 heterocycles. The first kappa shape index (κ1) is 14.7. The monoisotopic (exact) mass is 254 g/mol. The molecule has 3 N–H and O–H groups in total. The average molecular weight is 254 g/mol. The molecule has 0 radical (unpaired) electrons.